The minimum atomic E-state index is 0.0351. The fraction of sp³-hybridized carbons (Fsp3) is 0.214. The first kappa shape index (κ1) is 11.8. The van der Waals surface area contributed by atoms with Gasteiger partial charge in [-0.25, -0.2) is 0 Å². The van der Waals surface area contributed by atoms with E-state index in [0.29, 0.717) is 0 Å². The Balaban J connectivity index is 1.79. The summed E-state index contributed by atoms with van der Waals surface area (Å²) in [6, 6.07) is 14.1. The van der Waals surface area contributed by atoms with Gasteiger partial charge in [0.2, 0.25) is 0 Å². The molecule has 1 atom stereocenters. The maximum atomic E-state index is 6.08. The van der Waals surface area contributed by atoms with Crippen molar-refractivity contribution in [1.29, 1.82) is 0 Å². The van der Waals surface area contributed by atoms with Crippen molar-refractivity contribution >= 4 is 0 Å². The van der Waals surface area contributed by atoms with Gasteiger partial charge in [0.05, 0.1) is 0 Å². The van der Waals surface area contributed by atoms with Gasteiger partial charge < -0.3 is 11.1 Å². The SMILES string of the molecule is N[C@H](CNCc1cccnc1)c1ccccc1. The Morgan fingerprint density at radius 3 is 2.65 bits per heavy atom. The maximum absolute atomic E-state index is 6.08. The molecule has 0 aliphatic carbocycles. The van der Waals surface area contributed by atoms with Crippen molar-refractivity contribution in [2.75, 3.05) is 6.54 Å². The number of hydrogen-bond acceptors (Lipinski definition) is 3. The summed E-state index contributed by atoms with van der Waals surface area (Å²) in [6.45, 7) is 1.56. The van der Waals surface area contributed by atoms with Gasteiger partial charge in [0.15, 0.2) is 0 Å². The third kappa shape index (κ3) is 3.66. The van der Waals surface area contributed by atoms with E-state index in [4.69, 9.17) is 5.73 Å². The lowest BCUT2D eigenvalue weighted by Gasteiger charge is -2.12. The van der Waals surface area contributed by atoms with E-state index in [1.165, 1.54) is 5.56 Å². The van der Waals surface area contributed by atoms with Crippen LogP contribution in [0.1, 0.15) is 17.2 Å². The lowest BCUT2D eigenvalue weighted by Crippen LogP contribution is -2.26. The van der Waals surface area contributed by atoms with Crippen LogP contribution in [-0.2, 0) is 6.54 Å². The van der Waals surface area contributed by atoms with Crippen molar-refractivity contribution in [2.24, 2.45) is 5.73 Å². The molecule has 0 aliphatic heterocycles. The van der Waals surface area contributed by atoms with Crippen LogP contribution in [0, 0.1) is 0 Å². The summed E-state index contributed by atoms with van der Waals surface area (Å²) in [4.78, 5) is 4.07. The van der Waals surface area contributed by atoms with Crippen molar-refractivity contribution < 1.29 is 0 Å². The summed E-state index contributed by atoms with van der Waals surface area (Å²) in [5, 5.41) is 3.33. The first-order chi connectivity index (χ1) is 8.36. The molecule has 2 rings (SSSR count). The zero-order valence-corrected chi connectivity index (χ0v) is 9.71. The third-order valence-electron chi connectivity index (χ3n) is 2.64. The molecule has 3 heteroatoms. The minimum Gasteiger partial charge on any atom is -0.323 e. The highest BCUT2D eigenvalue weighted by Gasteiger charge is 2.03. The second-order valence-corrected chi connectivity index (χ2v) is 4.01. The molecule has 88 valence electrons. The second kappa shape index (κ2) is 6.13. The number of nitrogens with two attached hydrogens (primary N) is 1. The van der Waals surface area contributed by atoms with Crippen molar-refractivity contribution in [3.63, 3.8) is 0 Å². The second-order valence-electron chi connectivity index (χ2n) is 4.01. The normalized spacial score (nSPS) is 12.3. The molecular formula is C14H17N3. The Morgan fingerprint density at radius 1 is 1.12 bits per heavy atom. The lowest BCUT2D eigenvalue weighted by atomic mass is 10.1. The Hall–Kier alpha value is -1.71. The van der Waals surface area contributed by atoms with Crippen molar-refractivity contribution in [3.05, 3.63) is 66.0 Å². The highest BCUT2D eigenvalue weighted by atomic mass is 14.9. The molecule has 0 saturated heterocycles. The van der Waals surface area contributed by atoms with E-state index in [2.05, 4.69) is 22.4 Å². The quantitative estimate of drug-likeness (QED) is 0.820. The molecule has 0 bridgehead atoms. The smallest absolute Gasteiger partial charge is 0.0421 e. The summed E-state index contributed by atoms with van der Waals surface area (Å²) < 4.78 is 0. The van der Waals surface area contributed by atoms with Crippen LogP contribution in [0.25, 0.3) is 0 Å². The Labute approximate surface area is 102 Å². The highest BCUT2D eigenvalue weighted by molar-refractivity contribution is 5.18. The summed E-state index contributed by atoms with van der Waals surface area (Å²) >= 11 is 0. The van der Waals surface area contributed by atoms with Crippen LogP contribution < -0.4 is 11.1 Å². The van der Waals surface area contributed by atoms with Gasteiger partial charge in [-0.05, 0) is 17.2 Å². The molecule has 0 unspecified atom stereocenters. The number of benzene rings is 1. The summed E-state index contributed by atoms with van der Waals surface area (Å²) in [6.07, 6.45) is 3.64. The van der Waals surface area contributed by atoms with Gasteiger partial charge >= 0.3 is 0 Å². The topological polar surface area (TPSA) is 50.9 Å². The van der Waals surface area contributed by atoms with E-state index >= 15 is 0 Å². The number of nitrogens with zero attached hydrogens (tertiary/aromatic N) is 1. The lowest BCUT2D eigenvalue weighted by molar-refractivity contribution is 0.597. The number of hydrogen-bond donors (Lipinski definition) is 2. The first-order valence-corrected chi connectivity index (χ1v) is 5.76. The van der Waals surface area contributed by atoms with Crippen LogP contribution >= 0.6 is 0 Å². The average Bonchev–Trinajstić information content (AvgIpc) is 2.41. The number of nitrogens with one attached hydrogen (secondary N) is 1. The average molecular weight is 227 g/mol. The van der Waals surface area contributed by atoms with Gasteiger partial charge in [0, 0.05) is 31.5 Å². The molecule has 1 aromatic carbocycles. The van der Waals surface area contributed by atoms with Crippen LogP contribution in [0.2, 0.25) is 0 Å². The molecule has 3 N–H and O–H groups in total. The predicted molar refractivity (Wildman–Crippen MR) is 69.3 cm³/mol. The summed E-state index contributed by atoms with van der Waals surface area (Å²) in [5.41, 5.74) is 8.41. The Morgan fingerprint density at radius 2 is 1.94 bits per heavy atom. The van der Waals surface area contributed by atoms with E-state index in [0.717, 1.165) is 18.7 Å². The van der Waals surface area contributed by atoms with E-state index in [1.807, 2.05) is 36.5 Å². The molecular weight excluding hydrogens is 210 g/mol. The molecule has 1 heterocycles. The predicted octanol–water partition coefficient (Wildman–Crippen LogP) is 1.87. The minimum absolute atomic E-state index is 0.0351. The first-order valence-electron chi connectivity index (χ1n) is 5.76. The van der Waals surface area contributed by atoms with E-state index in [1.54, 1.807) is 6.20 Å². The molecule has 2 aromatic rings. The van der Waals surface area contributed by atoms with Crippen LogP contribution in [0.15, 0.2) is 54.9 Å². The van der Waals surface area contributed by atoms with Crippen molar-refractivity contribution in [3.8, 4) is 0 Å². The third-order valence-corrected chi connectivity index (χ3v) is 2.64. The van der Waals surface area contributed by atoms with Gasteiger partial charge in [-0.1, -0.05) is 36.4 Å². The number of aromatic nitrogens is 1. The van der Waals surface area contributed by atoms with Crippen LogP contribution in [0.3, 0.4) is 0 Å². The number of pyridine rings is 1. The molecule has 3 nitrogen and oxygen atoms in total. The van der Waals surface area contributed by atoms with Crippen LogP contribution in [0.5, 0.6) is 0 Å². The fourth-order valence-corrected chi connectivity index (χ4v) is 1.69. The fourth-order valence-electron chi connectivity index (χ4n) is 1.69. The van der Waals surface area contributed by atoms with Gasteiger partial charge in [0.25, 0.3) is 0 Å². The van der Waals surface area contributed by atoms with Crippen LogP contribution in [-0.4, -0.2) is 11.5 Å². The van der Waals surface area contributed by atoms with Gasteiger partial charge in [-0.3, -0.25) is 4.98 Å². The summed E-state index contributed by atoms with van der Waals surface area (Å²) in [7, 11) is 0. The van der Waals surface area contributed by atoms with Gasteiger partial charge in [0.1, 0.15) is 0 Å². The zero-order valence-electron chi connectivity index (χ0n) is 9.71. The highest BCUT2D eigenvalue weighted by Crippen LogP contribution is 2.08. The van der Waals surface area contributed by atoms with E-state index in [9.17, 15) is 0 Å². The molecule has 0 spiro atoms. The number of rotatable bonds is 5. The van der Waals surface area contributed by atoms with Crippen LogP contribution in [0.4, 0.5) is 0 Å². The van der Waals surface area contributed by atoms with Gasteiger partial charge in [-0.15, -0.1) is 0 Å². The molecule has 0 amide bonds. The van der Waals surface area contributed by atoms with Gasteiger partial charge in [-0.2, -0.15) is 0 Å². The largest absolute Gasteiger partial charge is 0.323 e. The monoisotopic (exact) mass is 227 g/mol. The van der Waals surface area contributed by atoms with E-state index in [-0.39, 0.29) is 6.04 Å². The maximum Gasteiger partial charge on any atom is 0.0421 e. The zero-order chi connectivity index (χ0) is 11.9. The molecule has 1 aromatic heterocycles. The molecule has 17 heavy (non-hydrogen) atoms. The molecule has 0 radical (unpaired) electrons. The summed E-state index contributed by atoms with van der Waals surface area (Å²) in [5.74, 6) is 0. The molecule has 0 fully saturated rings. The van der Waals surface area contributed by atoms with Crippen molar-refractivity contribution in [2.45, 2.75) is 12.6 Å². The van der Waals surface area contributed by atoms with Crippen molar-refractivity contribution in [1.82, 2.24) is 10.3 Å². The standard InChI is InChI=1S/C14H17N3/c15-14(13-6-2-1-3-7-13)11-17-10-12-5-4-8-16-9-12/h1-9,14,17H,10-11,15H2/t14-/m1/s1. The van der Waals surface area contributed by atoms with E-state index < -0.39 is 0 Å². The Kier molecular flexibility index (Phi) is 4.24. The Bertz CT molecular complexity index is 428. The molecule has 0 saturated carbocycles. The molecule has 0 aliphatic rings.